The smallest absolute Gasteiger partial charge is 0.283 e. The first-order chi connectivity index (χ1) is 17.7. The Kier molecular flexibility index (Phi) is 7.17. The van der Waals surface area contributed by atoms with E-state index in [1.807, 2.05) is 17.0 Å². The minimum Gasteiger partial charge on any atom is -0.488 e. The van der Waals surface area contributed by atoms with E-state index < -0.39 is 49.5 Å². The molecule has 2 aromatic carbocycles. The molecular weight excluding hydrogens is 493 g/mol. The van der Waals surface area contributed by atoms with E-state index in [0.717, 1.165) is 23.3 Å². The number of benzene rings is 2. The number of aliphatic hydroxyl groups is 1. The number of likely N-dealkylation sites (tertiary alicyclic amines) is 1. The Balaban J connectivity index is 1.51. The average Bonchev–Trinajstić information content (AvgIpc) is 3.19. The number of aromatic nitrogens is 1. The molecule has 0 saturated carbocycles. The second-order valence-electron chi connectivity index (χ2n) is 10.0. The number of rotatable bonds is 9. The third-order valence-electron chi connectivity index (χ3n) is 7.30. The molecule has 1 aromatic heterocycles. The lowest BCUT2D eigenvalue weighted by Crippen LogP contribution is -2.53. The highest BCUT2D eigenvalue weighted by molar-refractivity contribution is 5.86. The lowest BCUT2D eigenvalue weighted by Gasteiger charge is -2.42. The van der Waals surface area contributed by atoms with Crippen LogP contribution in [-0.4, -0.2) is 77.4 Å². The molecule has 2 atom stereocenters. The van der Waals surface area contributed by atoms with Crippen molar-refractivity contribution in [1.29, 1.82) is 0 Å². The van der Waals surface area contributed by atoms with Crippen LogP contribution in [-0.2, 0) is 6.42 Å². The molecule has 5 nitrogen and oxygen atoms in total. The van der Waals surface area contributed by atoms with Crippen LogP contribution in [0.15, 0.2) is 36.4 Å². The van der Waals surface area contributed by atoms with Gasteiger partial charge < -0.3 is 14.8 Å². The van der Waals surface area contributed by atoms with Crippen LogP contribution in [0.25, 0.3) is 10.9 Å². The van der Waals surface area contributed by atoms with Gasteiger partial charge in [-0.25, -0.2) is 17.6 Å². The molecule has 0 spiro atoms. The Labute approximate surface area is 211 Å². The highest BCUT2D eigenvalue weighted by Gasteiger charge is 2.43. The molecule has 1 fully saturated rings. The summed E-state index contributed by atoms with van der Waals surface area (Å²) in [6.07, 6.45) is 0.540. The molecule has 3 heterocycles. The molecule has 1 saturated heterocycles. The second kappa shape index (κ2) is 10.2. The molecular formula is C27H30F5N3O2. The molecule has 5 rings (SSSR count). The average molecular weight is 524 g/mol. The normalized spacial score (nSPS) is 21.3. The molecule has 0 bridgehead atoms. The number of H-pyrrole nitrogens is 1. The van der Waals surface area contributed by atoms with E-state index in [9.17, 15) is 18.3 Å². The van der Waals surface area contributed by atoms with Crippen molar-refractivity contribution < 1.29 is 31.8 Å². The predicted octanol–water partition coefficient (Wildman–Crippen LogP) is 4.83. The van der Waals surface area contributed by atoms with Gasteiger partial charge in [-0.1, -0.05) is 18.2 Å². The van der Waals surface area contributed by atoms with Gasteiger partial charge >= 0.3 is 0 Å². The largest absolute Gasteiger partial charge is 0.488 e. The molecule has 2 aliphatic heterocycles. The molecule has 0 amide bonds. The van der Waals surface area contributed by atoms with Crippen LogP contribution >= 0.6 is 0 Å². The Hall–Kier alpha value is -2.69. The zero-order valence-electron chi connectivity index (χ0n) is 20.5. The number of nitrogens with one attached hydrogen (secondary N) is 1. The zero-order chi connectivity index (χ0) is 26.3. The van der Waals surface area contributed by atoms with E-state index >= 15 is 8.78 Å². The van der Waals surface area contributed by atoms with Gasteiger partial charge in [0, 0.05) is 72.0 Å². The van der Waals surface area contributed by atoms with Crippen molar-refractivity contribution in [3.05, 3.63) is 64.9 Å². The van der Waals surface area contributed by atoms with Crippen molar-refractivity contribution in [2.75, 3.05) is 39.5 Å². The Bertz CT molecular complexity index is 1240. The summed E-state index contributed by atoms with van der Waals surface area (Å²) in [6, 6.07) is 7.82. The fraction of sp³-hybridized carbons (Fsp3) is 0.481. The van der Waals surface area contributed by atoms with Crippen molar-refractivity contribution >= 4 is 10.9 Å². The molecule has 37 heavy (non-hydrogen) atoms. The lowest BCUT2D eigenvalue weighted by atomic mass is 9.86. The minimum absolute atomic E-state index is 0.0177. The summed E-state index contributed by atoms with van der Waals surface area (Å²) < 4.78 is 78.4. The van der Waals surface area contributed by atoms with E-state index in [1.165, 1.54) is 4.90 Å². The number of hydrogen-bond donors (Lipinski definition) is 2. The first-order valence-corrected chi connectivity index (χ1v) is 12.5. The topological polar surface area (TPSA) is 51.7 Å². The Morgan fingerprint density at radius 3 is 2.49 bits per heavy atom. The van der Waals surface area contributed by atoms with Crippen molar-refractivity contribution in [2.24, 2.45) is 0 Å². The molecule has 0 unspecified atom stereocenters. The van der Waals surface area contributed by atoms with Crippen molar-refractivity contribution in [2.45, 2.75) is 43.9 Å². The van der Waals surface area contributed by atoms with Crippen LogP contribution in [0, 0.1) is 11.6 Å². The fourth-order valence-corrected chi connectivity index (χ4v) is 5.55. The van der Waals surface area contributed by atoms with Gasteiger partial charge in [-0.2, -0.15) is 0 Å². The number of halogens is 5. The SMILES string of the molecule is C[C@@H]1Cc2[nH]c3ccccc3c2[C@@H](c2c(F)cc(OC3CN(CCCF)C3)cc2F)N1CC(F)(F)CO. The van der Waals surface area contributed by atoms with Gasteiger partial charge in [-0.15, -0.1) is 0 Å². The van der Waals surface area contributed by atoms with Gasteiger partial charge in [0.1, 0.15) is 30.1 Å². The van der Waals surface area contributed by atoms with E-state index in [1.54, 1.807) is 19.1 Å². The van der Waals surface area contributed by atoms with E-state index in [0.29, 0.717) is 43.4 Å². The van der Waals surface area contributed by atoms with Crippen LogP contribution in [0.1, 0.15) is 36.2 Å². The Morgan fingerprint density at radius 2 is 1.81 bits per heavy atom. The second-order valence-corrected chi connectivity index (χ2v) is 10.0. The van der Waals surface area contributed by atoms with E-state index in [-0.39, 0.29) is 17.4 Å². The van der Waals surface area contributed by atoms with Gasteiger partial charge in [0.15, 0.2) is 0 Å². The minimum atomic E-state index is -3.45. The van der Waals surface area contributed by atoms with E-state index in [4.69, 9.17) is 4.74 Å². The van der Waals surface area contributed by atoms with Crippen LogP contribution in [0.4, 0.5) is 22.0 Å². The quantitative estimate of drug-likeness (QED) is 0.395. The van der Waals surface area contributed by atoms with Gasteiger partial charge in [-0.05, 0) is 19.4 Å². The van der Waals surface area contributed by atoms with Gasteiger partial charge in [-0.3, -0.25) is 14.2 Å². The standard InChI is InChI=1S/C27H30F5N3O2/c1-16-9-23-24(19-5-2-3-6-22(19)33-23)26(35(16)14-27(31,32)15-36)25-20(29)10-17(11-21(25)30)37-18-12-34(13-18)8-4-7-28/h2-3,5-6,10-11,16,18,26,33,36H,4,7-9,12-15H2,1H3/t16-,26+/m1/s1. The number of alkyl halides is 3. The number of para-hydroxylation sites is 1. The molecule has 10 heteroatoms. The Morgan fingerprint density at radius 1 is 1.11 bits per heavy atom. The van der Waals surface area contributed by atoms with Crippen molar-refractivity contribution in [1.82, 2.24) is 14.8 Å². The van der Waals surface area contributed by atoms with Gasteiger partial charge in [0.25, 0.3) is 5.92 Å². The van der Waals surface area contributed by atoms with E-state index in [2.05, 4.69) is 4.98 Å². The van der Waals surface area contributed by atoms with Crippen LogP contribution in [0.2, 0.25) is 0 Å². The number of nitrogens with zero attached hydrogens (tertiary/aromatic N) is 2. The summed E-state index contributed by atoms with van der Waals surface area (Å²) in [5.41, 5.74) is 1.71. The molecule has 2 N–H and O–H groups in total. The lowest BCUT2D eigenvalue weighted by molar-refractivity contribution is -0.0866. The maximum absolute atomic E-state index is 15.7. The monoisotopic (exact) mass is 523 g/mol. The molecule has 200 valence electrons. The maximum atomic E-state index is 15.7. The van der Waals surface area contributed by atoms with Crippen molar-refractivity contribution in [3.63, 3.8) is 0 Å². The third-order valence-corrected chi connectivity index (χ3v) is 7.30. The van der Waals surface area contributed by atoms with Crippen molar-refractivity contribution in [3.8, 4) is 5.75 Å². The van der Waals surface area contributed by atoms with Crippen LogP contribution in [0.5, 0.6) is 5.75 Å². The zero-order valence-corrected chi connectivity index (χ0v) is 20.5. The fourth-order valence-electron chi connectivity index (χ4n) is 5.55. The summed E-state index contributed by atoms with van der Waals surface area (Å²) in [4.78, 5) is 6.66. The maximum Gasteiger partial charge on any atom is 0.283 e. The highest BCUT2D eigenvalue weighted by atomic mass is 19.3. The highest BCUT2D eigenvalue weighted by Crippen LogP contribution is 2.45. The number of fused-ring (bicyclic) bond motifs is 3. The predicted molar refractivity (Wildman–Crippen MR) is 130 cm³/mol. The summed E-state index contributed by atoms with van der Waals surface area (Å²) >= 11 is 0. The van der Waals surface area contributed by atoms with Gasteiger partial charge in [0.05, 0.1) is 19.3 Å². The summed E-state index contributed by atoms with van der Waals surface area (Å²) in [7, 11) is 0. The number of aromatic amines is 1. The summed E-state index contributed by atoms with van der Waals surface area (Å²) in [5, 5.41) is 9.95. The third kappa shape index (κ3) is 5.06. The van der Waals surface area contributed by atoms with Gasteiger partial charge in [0.2, 0.25) is 0 Å². The number of ether oxygens (including phenoxy) is 1. The number of hydrogen-bond acceptors (Lipinski definition) is 4. The molecule has 0 radical (unpaired) electrons. The molecule has 2 aliphatic rings. The first kappa shape index (κ1) is 25.9. The van der Waals surface area contributed by atoms with Crippen LogP contribution in [0.3, 0.4) is 0 Å². The molecule has 3 aromatic rings. The first-order valence-electron chi connectivity index (χ1n) is 12.5. The van der Waals surface area contributed by atoms with Crippen LogP contribution < -0.4 is 4.74 Å². The number of aliphatic hydroxyl groups excluding tert-OH is 1. The molecule has 0 aliphatic carbocycles. The summed E-state index contributed by atoms with van der Waals surface area (Å²) in [5.74, 6) is -5.22. The summed E-state index contributed by atoms with van der Waals surface area (Å²) in [6.45, 7) is 0.765.